The molecule has 0 aliphatic carbocycles. The molecule has 0 aliphatic heterocycles. The number of hydrogen-bond donors (Lipinski definition) is 2. The Morgan fingerprint density at radius 1 is 1.37 bits per heavy atom. The number of carboxylic acid groups (broad SMARTS) is 1. The van der Waals surface area contributed by atoms with Crippen LogP contribution in [0.4, 0.5) is 0 Å². The van der Waals surface area contributed by atoms with E-state index in [9.17, 15) is 9.90 Å². The van der Waals surface area contributed by atoms with Gasteiger partial charge in [0.1, 0.15) is 5.54 Å². The summed E-state index contributed by atoms with van der Waals surface area (Å²) in [6.07, 6.45) is 2.74. The standard InChI is InChI=1S/C15H32N2O2/c1-7-13(4)11-17(6)10-8-9-15(5,14(18)19)16-12(2)3/h12-13,16H,7-11H2,1-6H3,(H,18,19). The van der Waals surface area contributed by atoms with Gasteiger partial charge in [-0.2, -0.15) is 0 Å². The molecule has 0 saturated carbocycles. The molecule has 0 bridgehead atoms. The van der Waals surface area contributed by atoms with Gasteiger partial charge in [-0.3, -0.25) is 10.1 Å². The minimum Gasteiger partial charge on any atom is -0.480 e. The molecule has 2 unspecified atom stereocenters. The third kappa shape index (κ3) is 7.53. The van der Waals surface area contributed by atoms with Crippen LogP contribution in [0.2, 0.25) is 0 Å². The molecule has 0 radical (unpaired) electrons. The minimum atomic E-state index is -0.814. The van der Waals surface area contributed by atoms with Gasteiger partial charge in [0.25, 0.3) is 0 Å². The predicted molar refractivity (Wildman–Crippen MR) is 80.5 cm³/mol. The number of nitrogens with one attached hydrogen (secondary N) is 1. The third-order valence-electron chi connectivity index (χ3n) is 3.62. The van der Waals surface area contributed by atoms with E-state index in [-0.39, 0.29) is 6.04 Å². The molecule has 0 spiro atoms. The maximum absolute atomic E-state index is 11.4. The van der Waals surface area contributed by atoms with Crippen LogP contribution < -0.4 is 5.32 Å². The maximum Gasteiger partial charge on any atom is 0.323 e. The van der Waals surface area contributed by atoms with E-state index in [0.717, 1.165) is 19.5 Å². The Hall–Kier alpha value is -0.610. The molecule has 0 aromatic carbocycles. The summed E-state index contributed by atoms with van der Waals surface area (Å²) < 4.78 is 0. The van der Waals surface area contributed by atoms with Crippen molar-refractivity contribution in [3.8, 4) is 0 Å². The van der Waals surface area contributed by atoms with Crippen LogP contribution in [0.5, 0.6) is 0 Å². The summed E-state index contributed by atoms with van der Waals surface area (Å²) in [7, 11) is 2.11. The van der Waals surface area contributed by atoms with E-state index < -0.39 is 11.5 Å². The van der Waals surface area contributed by atoms with Gasteiger partial charge in [-0.25, -0.2) is 0 Å². The number of nitrogens with zero attached hydrogens (tertiary/aromatic N) is 1. The summed E-state index contributed by atoms with van der Waals surface area (Å²) in [6, 6.07) is 0.180. The summed E-state index contributed by atoms with van der Waals surface area (Å²) in [5.74, 6) is -0.0598. The van der Waals surface area contributed by atoms with Crippen LogP contribution in [0.25, 0.3) is 0 Å². The van der Waals surface area contributed by atoms with Crippen molar-refractivity contribution >= 4 is 5.97 Å². The summed E-state index contributed by atoms with van der Waals surface area (Å²) in [5.41, 5.74) is -0.814. The van der Waals surface area contributed by atoms with Gasteiger partial charge >= 0.3 is 5.97 Å². The molecule has 0 saturated heterocycles. The van der Waals surface area contributed by atoms with E-state index in [2.05, 4.69) is 31.1 Å². The van der Waals surface area contributed by atoms with Crippen molar-refractivity contribution in [2.45, 2.75) is 65.5 Å². The van der Waals surface area contributed by atoms with Gasteiger partial charge in [0.05, 0.1) is 0 Å². The molecule has 0 fully saturated rings. The number of hydrogen-bond acceptors (Lipinski definition) is 3. The Balaban J connectivity index is 4.16. The molecule has 114 valence electrons. The van der Waals surface area contributed by atoms with E-state index >= 15 is 0 Å². The summed E-state index contributed by atoms with van der Waals surface area (Å²) >= 11 is 0. The molecule has 0 aliphatic rings. The fraction of sp³-hybridized carbons (Fsp3) is 0.933. The van der Waals surface area contributed by atoms with E-state index in [1.54, 1.807) is 6.92 Å². The Kier molecular flexibility index (Phi) is 8.26. The van der Waals surface area contributed by atoms with Crippen LogP contribution in [0, 0.1) is 5.92 Å². The molecular formula is C15H32N2O2. The lowest BCUT2D eigenvalue weighted by atomic mass is 9.94. The lowest BCUT2D eigenvalue weighted by Crippen LogP contribution is -2.52. The molecular weight excluding hydrogens is 240 g/mol. The fourth-order valence-electron chi connectivity index (χ4n) is 2.33. The highest BCUT2D eigenvalue weighted by Crippen LogP contribution is 2.15. The van der Waals surface area contributed by atoms with Gasteiger partial charge in [0.2, 0.25) is 0 Å². The molecule has 0 aromatic rings. The molecule has 2 atom stereocenters. The summed E-state index contributed by atoms with van der Waals surface area (Å²) in [5, 5.41) is 12.5. The van der Waals surface area contributed by atoms with Crippen molar-refractivity contribution in [1.29, 1.82) is 0 Å². The van der Waals surface area contributed by atoms with E-state index in [0.29, 0.717) is 12.3 Å². The van der Waals surface area contributed by atoms with Crippen molar-refractivity contribution in [3.05, 3.63) is 0 Å². The minimum absolute atomic E-state index is 0.180. The van der Waals surface area contributed by atoms with E-state index in [1.165, 1.54) is 6.42 Å². The summed E-state index contributed by atoms with van der Waals surface area (Å²) in [4.78, 5) is 13.7. The van der Waals surface area contributed by atoms with Crippen LogP contribution in [-0.2, 0) is 4.79 Å². The first-order valence-electron chi connectivity index (χ1n) is 7.41. The molecule has 4 heteroatoms. The Morgan fingerprint density at radius 2 is 1.95 bits per heavy atom. The smallest absolute Gasteiger partial charge is 0.323 e. The first-order chi connectivity index (χ1) is 8.71. The maximum atomic E-state index is 11.4. The van der Waals surface area contributed by atoms with Crippen LogP contribution in [0.15, 0.2) is 0 Å². The molecule has 19 heavy (non-hydrogen) atoms. The van der Waals surface area contributed by atoms with Crippen LogP contribution in [-0.4, -0.2) is 47.7 Å². The lowest BCUT2D eigenvalue weighted by molar-refractivity contribution is -0.144. The highest BCUT2D eigenvalue weighted by Gasteiger charge is 2.32. The second kappa shape index (κ2) is 8.54. The number of rotatable bonds is 10. The highest BCUT2D eigenvalue weighted by atomic mass is 16.4. The fourth-order valence-corrected chi connectivity index (χ4v) is 2.33. The van der Waals surface area contributed by atoms with Crippen molar-refractivity contribution in [2.24, 2.45) is 5.92 Å². The average Bonchev–Trinajstić information content (AvgIpc) is 2.27. The molecule has 4 nitrogen and oxygen atoms in total. The quantitative estimate of drug-likeness (QED) is 0.642. The van der Waals surface area contributed by atoms with Crippen LogP contribution in [0.3, 0.4) is 0 Å². The third-order valence-corrected chi connectivity index (χ3v) is 3.62. The van der Waals surface area contributed by atoms with Gasteiger partial charge in [0.15, 0.2) is 0 Å². The average molecular weight is 272 g/mol. The summed E-state index contributed by atoms with van der Waals surface area (Å²) in [6.45, 7) is 12.2. The van der Waals surface area contributed by atoms with Gasteiger partial charge in [0, 0.05) is 12.6 Å². The van der Waals surface area contributed by atoms with Crippen molar-refractivity contribution in [2.75, 3.05) is 20.1 Å². The topological polar surface area (TPSA) is 52.6 Å². The molecule has 0 rings (SSSR count). The largest absolute Gasteiger partial charge is 0.480 e. The second-order valence-corrected chi connectivity index (χ2v) is 6.32. The zero-order valence-corrected chi connectivity index (χ0v) is 13.5. The normalized spacial score (nSPS) is 16.6. The molecule has 0 heterocycles. The monoisotopic (exact) mass is 272 g/mol. The number of carboxylic acids is 1. The lowest BCUT2D eigenvalue weighted by Gasteiger charge is -2.29. The Morgan fingerprint density at radius 3 is 2.37 bits per heavy atom. The second-order valence-electron chi connectivity index (χ2n) is 6.32. The SMILES string of the molecule is CCC(C)CN(C)CCCC(C)(NC(C)C)C(=O)O. The first kappa shape index (κ1) is 18.4. The predicted octanol–water partition coefficient (Wildman–Crippen LogP) is 2.59. The Labute approximate surface area is 118 Å². The van der Waals surface area contributed by atoms with E-state index in [1.807, 2.05) is 13.8 Å². The van der Waals surface area contributed by atoms with Gasteiger partial charge < -0.3 is 10.0 Å². The molecule has 2 N–H and O–H groups in total. The van der Waals surface area contributed by atoms with Crippen molar-refractivity contribution < 1.29 is 9.90 Å². The van der Waals surface area contributed by atoms with Gasteiger partial charge in [-0.1, -0.05) is 20.3 Å². The zero-order valence-electron chi connectivity index (χ0n) is 13.5. The van der Waals surface area contributed by atoms with Crippen LogP contribution >= 0.6 is 0 Å². The van der Waals surface area contributed by atoms with Crippen molar-refractivity contribution in [1.82, 2.24) is 10.2 Å². The highest BCUT2D eigenvalue weighted by molar-refractivity contribution is 5.78. The number of aliphatic carboxylic acids is 1. The van der Waals surface area contributed by atoms with E-state index in [4.69, 9.17) is 0 Å². The Bertz CT molecular complexity index is 269. The molecule has 0 aromatic heterocycles. The van der Waals surface area contributed by atoms with Crippen LogP contribution in [0.1, 0.15) is 53.9 Å². The van der Waals surface area contributed by atoms with Crippen molar-refractivity contribution in [3.63, 3.8) is 0 Å². The first-order valence-corrected chi connectivity index (χ1v) is 7.41. The molecule has 0 amide bonds. The number of carbonyl (C=O) groups is 1. The zero-order chi connectivity index (χ0) is 15.1. The van der Waals surface area contributed by atoms with Gasteiger partial charge in [-0.05, 0) is 53.1 Å². The van der Waals surface area contributed by atoms with Gasteiger partial charge in [-0.15, -0.1) is 0 Å².